The number of anilines is 1. The molecule has 0 fully saturated rings. The van der Waals surface area contributed by atoms with E-state index >= 15 is 0 Å². The Balaban J connectivity index is 2.57. The van der Waals surface area contributed by atoms with Gasteiger partial charge >= 0.3 is 11.9 Å². The van der Waals surface area contributed by atoms with Crippen LogP contribution in [0.4, 0.5) is 5.69 Å². The second-order valence-electron chi connectivity index (χ2n) is 3.17. The lowest BCUT2D eigenvalue weighted by Crippen LogP contribution is -2.12. The predicted molar refractivity (Wildman–Crippen MR) is 65.2 cm³/mol. The van der Waals surface area contributed by atoms with Crippen LogP contribution in [-0.2, 0) is 14.4 Å². The molecule has 0 radical (unpaired) electrons. The van der Waals surface area contributed by atoms with E-state index in [1.165, 1.54) is 6.92 Å². The fourth-order valence-corrected chi connectivity index (χ4v) is 1.38. The Hall–Kier alpha value is -1.82. The number of nitrogens with one attached hydrogen (secondary N) is 1. The minimum absolute atomic E-state index is 0.00000295. The summed E-state index contributed by atoms with van der Waals surface area (Å²) >= 11 is 3.26. The van der Waals surface area contributed by atoms with Gasteiger partial charge in [-0.1, -0.05) is 22.0 Å². The molecule has 2 N–H and O–H groups in total. The normalized spacial score (nSPS) is 10.8. The Morgan fingerprint density at radius 3 is 2.76 bits per heavy atom. The first-order chi connectivity index (χ1) is 7.99. The highest BCUT2D eigenvalue weighted by Gasteiger charge is 2.08. The van der Waals surface area contributed by atoms with Crippen molar-refractivity contribution in [1.82, 2.24) is 0 Å². The lowest BCUT2D eigenvalue weighted by Gasteiger charge is -2.06. The molecule has 0 saturated carbocycles. The average molecular weight is 300 g/mol. The number of halogens is 1. The zero-order valence-corrected chi connectivity index (χ0v) is 10.5. The van der Waals surface area contributed by atoms with Crippen molar-refractivity contribution < 1.29 is 19.5 Å². The molecule has 1 aromatic rings. The summed E-state index contributed by atoms with van der Waals surface area (Å²) < 4.78 is 0.830. The summed E-state index contributed by atoms with van der Waals surface area (Å²) in [6.45, 7) is 1.36. The van der Waals surface area contributed by atoms with Gasteiger partial charge in [0, 0.05) is 16.1 Å². The third-order valence-corrected chi connectivity index (χ3v) is 2.24. The first kappa shape index (κ1) is 13.2. The number of aliphatic carboxylic acids is 1. The highest BCUT2D eigenvalue weighted by molar-refractivity contribution is 9.10. The molecule has 0 saturated heterocycles. The molecule has 1 rings (SSSR count). The third kappa shape index (κ3) is 4.69. The van der Waals surface area contributed by atoms with Crippen LogP contribution in [0.2, 0.25) is 0 Å². The van der Waals surface area contributed by atoms with E-state index in [0.717, 1.165) is 10.5 Å². The van der Waals surface area contributed by atoms with Crippen molar-refractivity contribution in [1.29, 1.82) is 0 Å². The maximum atomic E-state index is 11.3. The van der Waals surface area contributed by atoms with Crippen molar-refractivity contribution >= 4 is 33.6 Å². The van der Waals surface area contributed by atoms with Crippen LogP contribution < -0.4 is 5.48 Å². The molecule has 0 aliphatic heterocycles. The minimum atomic E-state index is -1.19. The second-order valence-corrected chi connectivity index (χ2v) is 4.08. The van der Waals surface area contributed by atoms with Crippen LogP contribution in [-0.4, -0.2) is 17.0 Å². The highest BCUT2D eigenvalue weighted by Crippen LogP contribution is 2.15. The van der Waals surface area contributed by atoms with Gasteiger partial charge in [0.25, 0.3) is 0 Å². The molecular formula is C11H10BrNO4. The Morgan fingerprint density at radius 1 is 1.47 bits per heavy atom. The number of carbonyl (C=O) groups is 2. The Bertz CT molecular complexity index is 470. The molecule has 0 atom stereocenters. The molecule has 0 aliphatic carbocycles. The van der Waals surface area contributed by atoms with Crippen molar-refractivity contribution in [2.45, 2.75) is 6.92 Å². The summed E-state index contributed by atoms with van der Waals surface area (Å²) in [6.07, 6.45) is 0.783. The van der Waals surface area contributed by atoms with Gasteiger partial charge in [-0.2, -0.15) is 0 Å². The molecule has 1 aromatic carbocycles. The van der Waals surface area contributed by atoms with Crippen LogP contribution >= 0.6 is 15.9 Å². The van der Waals surface area contributed by atoms with E-state index in [9.17, 15) is 9.59 Å². The maximum Gasteiger partial charge on any atom is 0.358 e. The topological polar surface area (TPSA) is 75.6 Å². The van der Waals surface area contributed by atoms with Crippen LogP contribution in [0.15, 0.2) is 40.4 Å². The van der Waals surface area contributed by atoms with Gasteiger partial charge in [0.05, 0.1) is 5.69 Å². The van der Waals surface area contributed by atoms with E-state index in [0.29, 0.717) is 5.69 Å². The Morgan fingerprint density at radius 2 is 2.18 bits per heavy atom. The average Bonchev–Trinajstić information content (AvgIpc) is 2.25. The third-order valence-electron chi connectivity index (χ3n) is 1.75. The van der Waals surface area contributed by atoms with Crippen molar-refractivity contribution in [3.63, 3.8) is 0 Å². The van der Waals surface area contributed by atoms with Crippen molar-refractivity contribution in [2.75, 3.05) is 5.48 Å². The minimum Gasteiger partial charge on any atom is -0.478 e. The molecular weight excluding hydrogens is 290 g/mol. The molecule has 0 aromatic heterocycles. The second kappa shape index (κ2) is 6.05. The first-order valence-electron chi connectivity index (χ1n) is 4.63. The van der Waals surface area contributed by atoms with Crippen molar-refractivity contribution in [3.8, 4) is 0 Å². The molecule has 0 spiro atoms. The Labute approximate surface area is 106 Å². The summed E-state index contributed by atoms with van der Waals surface area (Å²) in [5, 5.41) is 8.44. The fraction of sp³-hybridized carbons (Fsp3) is 0.0909. The van der Waals surface area contributed by atoms with E-state index < -0.39 is 11.9 Å². The van der Waals surface area contributed by atoms with Gasteiger partial charge in [-0.15, -0.1) is 0 Å². The highest BCUT2D eigenvalue weighted by atomic mass is 79.9. The quantitative estimate of drug-likeness (QED) is 0.659. The van der Waals surface area contributed by atoms with Gasteiger partial charge in [0.1, 0.15) is 0 Å². The number of hydrogen-bond acceptors (Lipinski definition) is 4. The van der Waals surface area contributed by atoms with E-state index in [1.54, 1.807) is 18.2 Å². The monoisotopic (exact) mass is 299 g/mol. The van der Waals surface area contributed by atoms with E-state index in [4.69, 9.17) is 9.94 Å². The zero-order chi connectivity index (χ0) is 12.8. The molecule has 0 unspecified atom stereocenters. The van der Waals surface area contributed by atoms with Gasteiger partial charge in [-0.25, -0.2) is 15.1 Å². The molecule has 0 amide bonds. The number of benzene rings is 1. The van der Waals surface area contributed by atoms with Crippen LogP contribution in [0.5, 0.6) is 0 Å². The number of carbonyl (C=O) groups excluding carboxylic acids is 1. The van der Waals surface area contributed by atoms with E-state index in [2.05, 4.69) is 21.4 Å². The van der Waals surface area contributed by atoms with Crippen molar-refractivity contribution in [3.05, 3.63) is 40.4 Å². The van der Waals surface area contributed by atoms with E-state index in [-0.39, 0.29) is 5.57 Å². The molecule has 5 nitrogen and oxygen atoms in total. The largest absolute Gasteiger partial charge is 0.478 e. The summed E-state index contributed by atoms with van der Waals surface area (Å²) in [5.74, 6) is -1.94. The summed E-state index contributed by atoms with van der Waals surface area (Å²) in [7, 11) is 0. The van der Waals surface area contributed by atoms with Gasteiger partial charge in [-0.05, 0) is 25.1 Å². The zero-order valence-electron chi connectivity index (χ0n) is 8.94. The van der Waals surface area contributed by atoms with Crippen LogP contribution in [0, 0.1) is 0 Å². The lowest BCUT2D eigenvalue weighted by molar-refractivity contribution is -0.137. The standard InChI is InChI=1S/C11H10BrNO4/c1-7(5-10(14)15)11(16)17-13-9-4-2-3-8(12)6-9/h2-6,13H,1H3,(H,14,15). The molecule has 0 bridgehead atoms. The van der Waals surface area contributed by atoms with Crippen LogP contribution in [0.3, 0.4) is 0 Å². The van der Waals surface area contributed by atoms with Gasteiger partial charge < -0.3 is 9.94 Å². The van der Waals surface area contributed by atoms with Crippen LogP contribution in [0.25, 0.3) is 0 Å². The number of carboxylic acid groups (broad SMARTS) is 1. The first-order valence-corrected chi connectivity index (χ1v) is 5.42. The summed E-state index contributed by atoms with van der Waals surface area (Å²) in [4.78, 5) is 26.3. The molecule has 0 aliphatic rings. The number of carboxylic acids is 1. The Kier molecular flexibility index (Phi) is 4.71. The number of hydrogen-bond donors (Lipinski definition) is 2. The SMILES string of the molecule is CC(=CC(=O)O)C(=O)ONc1cccc(Br)c1. The van der Waals surface area contributed by atoms with Gasteiger partial charge in [0.2, 0.25) is 0 Å². The molecule has 0 heterocycles. The summed E-state index contributed by atoms with van der Waals surface area (Å²) in [5.41, 5.74) is 3.01. The van der Waals surface area contributed by atoms with E-state index in [1.807, 2.05) is 6.07 Å². The number of rotatable bonds is 4. The molecule has 6 heteroatoms. The molecule has 17 heavy (non-hydrogen) atoms. The predicted octanol–water partition coefficient (Wildman–Crippen LogP) is 2.35. The molecule has 90 valence electrons. The van der Waals surface area contributed by atoms with Crippen LogP contribution in [0.1, 0.15) is 6.92 Å². The van der Waals surface area contributed by atoms with Crippen molar-refractivity contribution in [2.24, 2.45) is 0 Å². The fourth-order valence-electron chi connectivity index (χ4n) is 0.982. The van der Waals surface area contributed by atoms with Gasteiger partial charge in [0.15, 0.2) is 0 Å². The smallest absolute Gasteiger partial charge is 0.358 e. The van der Waals surface area contributed by atoms with Gasteiger partial charge in [-0.3, -0.25) is 0 Å². The lowest BCUT2D eigenvalue weighted by atomic mass is 10.3. The maximum absolute atomic E-state index is 11.3. The summed E-state index contributed by atoms with van der Waals surface area (Å²) in [6, 6.07) is 7.00.